The Morgan fingerprint density at radius 2 is 2.12 bits per heavy atom. The van der Waals surface area contributed by atoms with Gasteiger partial charge in [0.1, 0.15) is 0 Å². The normalized spacial score (nSPS) is 9.00. The second-order valence-electron chi connectivity index (χ2n) is 3.00. The number of nitrogens with zero attached hydrogens (tertiary/aromatic N) is 1. The Labute approximate surface area is 110 Å². The minimum Gasteiger partial charge on any atom is -0.465 e. The molecule has 0 fully saturated rings. The van der Waals surface area contributed by atoms with Crippen LogP contribution in [-0.2, 0) is 0 Å². The smallest absolute Gasteiger partial charge is 0.414 e. The van der Waals surface area contributed by atoms with Crippen molar-refractivity contribution in [3.63, 3.8) is 0 Å². The van der Waals surface area contributed by atoms with Crippen LogP contribution in [0.25, 0.3) is 0 Å². The molecule has 0 aliphatic rings. The Bertz CT molecular complexity index is 434. The molecule has 0 saturated carbocycles. The molecule has 0 aliphatic carbocycles. The number of hydrogen-bond acceptors (Lipinski definition) is 2. The van der Waals surface area contributed by atoms with E-state index in [2.05, 4.69) is 6.58 Å². The largest absolute Gasteiger partial charge is 0.465 e. The molecule has 1 aromatic rings. The zero-order valence-electron chi connectivity index (χ0n) is 8.80. The Kier molecular flexibility index (Phi) is 6.31. The second-order valence-corrected chi connectivity index (χ2v) is 3.43. The quantitative estimate of drug-likeness (QED) is 0.863. The fraction of sp³-hybridized carbons (Fsp3) is 0.0909. The number of benzene rings is 1. The van der Waals surface area contributed by atoms with Gasteiger partial charge in [0.15, 0.2) is 0 Å². The predicted molar refractivity (Wildman–Crippen MR) is 68.0 cm³/mol. The van der Waals surface area contributed by atoms with Crippen LogP contribution < -0.4 is 0 Å². The number of rotatable bonds is 3. The van der Waals surface area contributed by atoms with Crippen LogP contribution in [-0.4, -0.2) is 28.6 Å². The van der Waals surface area contributed by atoms with Crippen LogP contribution in [0.4, 0.5) is 4.79 Å². The van der Waals surface area contributed by atoms with Crippen molar-refractivity contribution in [2.45, 2.75) is 0 Å². The van der Waals surface area contributed by atoms with E-state index in [-0.39, 0.29) is 24.5 Å². The molecule has 0 unspecified atom stereocenters. The molecule has 1 rings (SSSR count). The van der Waals surface area contributed by atoms with E-state index in [1.165, 1.54) is 18.2 Å². The third kappa shape index (κ3) is 4.09. The van der Waals surface area contributed by atoms with Crippen LogP contribution in [0.15, 0.2) is 36.9 Å². The molecule has 0 atom stereocenters. The third-order valence-corrected chi connectivity index (χ3v) is 2.09. The van der Waals surface area contributed by atoms with Gasteiger partial charge < -0.3 is 5.11 Å². The SMILES string of the molecule is C=CCN(C(=O)O)C(=O)c1cccc(Cl)c1.Cl. The molecular formula is C11H11Cl2NO3. The van der Waals surface area contributed by atoms with Crippen molar-refractivity contribution >= 4 is 36.0 Å². The first kappa shape index (κ1) is 15.5. The lowest BCUT2D eigenvalue weighted by Gasteiger charge is -2.15. The summed E-state index contributed by atoms with van der Waals surface area (Å²) in [7, 11) is 0. The van der Waals surface area contributed by atoms with Gasteiger partial charge in [-0.15, -0.1) is 19.0 Å². The molecule has 92 valence electrons. The summed E-state index contributed by atoms with van der Waals surface area (Å²) < 4.78 is 0. The average Bonchev–Trinajstić information content (AvgIpc) is 2.24. The number of carbonyl (C=O) groups is 2. The van der Waals surface area contributed by atoms with Crippen LogP contribution in [0.1, 0.15) is 10.4 Å². The molecule has 0 aromatic heterocycles. The summed E-state index contributed by atoms with van der Waals surface area (Å²) >= 11 is 5.71. The van der Waals surface area contributed by atoms with Crippen molar-refractivity contribution in [3.8, 4) is 0 Å². The lowest BCUT2D eigenvalue weighted by Crippen LogP contribution is -2.35. The van der Waals surface area contributed by atoms with E-state index in [0.717, 1.165) is 0 Å². The molecular weight excluding hydrogens is 265 g/mol. The lowest BCUT2D eigenvalue weighted by atomic mass is 10.2. The average molecular weight is 276 g/mol. The van der Waals surface area contributed by atoms with E-state index >= 15 is 0 Å². The summed E-state index contributed by atoms with van der Waals surface area (Å²) in [6, 6.07) is 6.12. The van der Waals surface area contributed by atoms with Gasteiger partial charge in [-0.1, -0.05) is 23.7 Å². The molecule has 0 heterocycles. The first-order chi connectivity index (χ1) is 7.56. The van der Waals surface area contributed by atoms with Crippen LogP contribution in [0.5, 0.6) is 0 Å². The van der Waals surface area contributed by atoms with Crippen LogP contribution in [0.2, 0.25) is 5.02 Å². The molecule has 0 aliphatic heterocycles. The summed E-state index contributed by atoms with van der Waals surface area (Å²) in [6.45, 7) is 3.34. The zero-order valence-corrected chi connectivity index (χ0v) is 10.4. The van der Waals surface area contributed by atoms with E-state index in [1.807, 2.05) is 0 Å². The maximum absolute atomic E-state index is 11.8. The van der Waals surface area contributed by atoms with Crippen LogP contribution in [0, 0.1) is 0 Å². The fourth-order valence-corrected chi connectivity index (χ4v) is 1.34. The van der Waals surface area contributed by atoms with E-state index in [9.17, 15) is 9.59 Å². The van der Waals surface area contributed by atoms with Crippen molar-refractivity contribution in [1.29, 1.82) is 0 Å². The van der Waals surface area contributed by atoms with Crippen molar-refractivity contribution < 1.29 is 14.7 Å². The number of halogens is 2. The van der Waals surface area contributed by atoms with E-state index in [4.69, 9.17) is 16.7 Å². The molecule has 0 saturated heterocycles. The number of carboxylic acid groups (broad SMARTS) is 1. The van der Waals surface area contributed by atoms with Crippen molar-refractivity contribution in [2.75, 3.05) is 6.54 Å². The predicted octanol–water partition coefficient (Wildman–Crippen LogP) is 3.07. The molecule has 17 heavy (non-hydrogen) atoms. The summed E-state index contributed by atoms with van der Waals surface area (Å²) in [5.74, 6) is -0.616. The first-order valence-corrected chi connectivity index (χ1v) is 4.85. The van der Waals surface area contributed by atoms with Crippen molar-refractivity contribution in [1.82, 2.24) is 4.90 Å². The van der Waals surface area contributed by atoms with Gasteiger partial charge in [0.05, 0.1) is 6.54 Å². The maximum Gasteiger partial charge on any atom is 0.414 e. The van der Waals surface area contributed by atoms with E-state index < -0.39 is 12.0 Å². The number of carbonyl (C=O) groups excluding carboxylic acids is 1. The minimum atomic E-state index is -1.31. The highest BCUT2D eigenvalue weighted by molar-refractivity contribution is 6.31. The number of amides is 2. The summed E-state index contributed by atoms with van der Waals surface area (Å²) in [4.78, 5) is 23.2. The first-order valence-electron chi connectivity index (χ1n) is 4.47. The van der Waals surface area contributed by atoms with Gasteiger partial charge in [-0.25, -0.2) is 9.69 Å². The molecule has 1 aromatic carbocycles. The highest BCUT2D eigenvalue weighted by atomic mass is 35.5. The zero-order chi connectivity index (χ0) is 12.1. The van der Waals surface area contributed by atoms with Crippen LogP contribution in [0.3, 0.4) is 0 Å². The molecule has 0 bridgehead atoms. The van der Waals surface area contributed by atoms with Gasteiger partial charge in [0.2, 0.25) is 0 Å². The van der Waals surface area contributed by atoms with Gasteiger partial charge in [0.25, 0.3) is 5.91 Å². The van der Waals surface area contributed by atoms with Crippen molar-refractivity contribution in [2.24, 2.45) is 0 Å². The Hall–Kier alpha value is -1.52. The standard InChI is InChI=1S/C11H10ClNO3.ClH/c1-2-6-13(11(15)16)10(14)8-4-3-5-9(12)7-8;/h2-5,7H,1,6H2,(H,15,16);1H. The molecule has 0 radical (unpaired) electrons. The van der Waals surface area contributed by atoms with Gasteiger partial charge >= 0.3 is 6.09 Å². The molecule has 1 N–H and O–H groups in total. The van der Waals surface area contributed by atoms with E-state index in [0.29, 0.717) is 9.92 Å². The van der Waals surface area contributed by atoms with Gasteiger partial charge in [0, 0.05) is 10.6 Å². The van der Waals surface area contributed by atoms with Crippen LogP contribution >= 0.6 is 24.0 Å². The fourth-order valence-electron chi connectivity index (χ4n) is 1.15. The Balaban J connectivity index is 0.00000256. The highest BCUT2D eigenvalue weighted by Crippen LogP contribution is 2.12. The Morgan fingerprint density at radius 3 is 2.59 bits per heavy atom. The van der Waals surface area contributed by atoms with Gasteiger partial charge in [-0.3, -0.25) is 4.79 Å². The minimum absolute atomic E-state index is 0. The summed E-state index contributed by atoms with van der Waals surface area (Å²) in [6.07, 6.45) is 0.0289. The lowest BCUT2D eigenvalue weighted by molar-refractivity contribution is 0.0760. The van der Waals surface area contributed by atoms with Gasteiger partial charge in [-0.05, 0) is 18.2 Å². The Morgan fingerprint density at radius 1 is 1.47 bits per heavy atom. The monoisotopic (exact) mass is 275 g/mol. The van der Waals surface area contributed by atoms with E-state index in [1.54, 1.807) is 12.1 Å². The number of hydrogen-bond donors (Lipinski definition) is 1. The maximum atomic E-state index is 11.8. The molecule has 4 nitrogen and oxygen atoms in total. The second kappa shape index (κ2) is 6.93. The van der Waals surface area contributed by atoms with Crippen molar-refractivity contribution in [3.05, 3.63) is 47.5 Å². The molecule has 6 heteroatoms. The molecule has 0 spiro atoms. The van der Waals surface area contributed by atoms with Gasteiger partial charge in [-0.2, -0.15) is 0 Å². The molecule has 2 amide bonds. The summed E-state index contributed by atoms with van der Waals surface area (Å²) in [5.41, 5.74) is 0.233. The topological polar surface area (TPSA) is 57.6 Å². The highest BCUT2D eigenvalue weighted by Gasteiger charge is 2.20. The third-order valence-electron chi connectivity index (χ3n) is 1.86. The number of imide groups is 1. The summed E-state index contributed by atoms with van der Waals surface area (Å²) in [5, 5.41) is 9.21.